The SMILES string of the molecule is C=C(C)[O-].O=P([O-])(O)O.[Na+].[Na+]. The van der Waals surface area contributed by atoms with E-state index >= 15 is 0 Å². The zero-order valence-electron chi connectivity index (χ0n) is 6.77. The molecule has 0 aliphatic carbocycles. The van der Waals surface area contributed by atoms with Crippen LogP contribution < -0.4 is 69.1 Å². The largest absolute Gasteiger partial charge is 1.00 e. The summed E-state index contributed by atoms with van der Waals surface area (Å²) in [4.78, 5) is 22.9. The third-order valence-electron chi connectivity index (χ3n) is 0. The van der Waals surface area contributed by atoms with Crippen molar-refractivity contribution in [2.45, 2.75) is 6.92 Å². The van der Waals surface area contributed by atoms with E-state index in [9.17, 15) is 5.11 Å². The molecule has 0 saturated heterocycles. The van der Waals surface area contributed by atoms with Gasteiger partial charge in [0.1, 0.15) is 0 Å². The standard InChI is InChI=1S/C3H6O.2Na.H3O4P/c1-3(2)4;;;1-5(2,3)4/h4H,1H2,2H3;;;(H3,1,2,3,4)/q;2*+1;/p-2. The maximum absolute atomic E-state index is 9.33. The van der Waals surface area contributed by atoms with Crippen LogP contribution in [0.15, 0.2) is 12.3 Å². The molecule has 0 aromatic heterocycles. The Hall–Kier alpha value is 1.65. The molecule has 0 saturated carbocycles. The molecule has 0 amide bonds. The zero-order chi connectivity index (χ0) is 8.08. The van der Waals surface area contributed by atoms with Gasteiger partial charge in [-0.25, -0.2) is 0 Å². The molecule has 0 aromatic carbocycles. The second-order valence-electron chi connectivity index (χ2n) is 1.19. The van der Waals surface area contributed by atoms with Crippen LogP contribution >= 0.6 is 7.82 Å². The Kier molecular flexibility index (Phi) is 24.3. The quantitative estimate of drug-likeness (QED) is 0.229. The summed E-state index contributed by atoms with van der Waals surface area (Å²) in [5.74, 6) is -0.0833. The number of phosphoric acid groups is 1. The van der Waals surface area contributed by atoms with Crippen LogP contribution in [-0.2, 0) is 4.57 Å². The fourth-order valence-electron chi connectivity index (χ4n) is 0. The zero-order valence-corrected chi connectivity index (χ0v) is 11.7. The van der Waals surface area contributed by atoms with Crippen molar-refractivity contribution in [2.24, 2.45) is 0 Å². The fraction of sp³-hybridized carbons (Fsp3) is 0.333. The maximum atomic E-state index is 9.33. The first kappa shape index (κ1) is 22.9. The van der Waals surface area contributed by atoms with Gasteiger partial charge in [0.15, 0.2) is 0 Å². The monoisotopic (exact) mass is 200 g/mol. The molecule has 0 bridgehead atoms. The van der Waals surface area contributed by atoms with Crippen molar-refractivity contribution in [3.05, 3.63) is 12.3 Å². The Balaban J connectivity index is -0.0000000383. The predicted octanol–water partition coefficient (Wildman–Crippen LogP) is -7.67. The van der Waals surface area contributed by atoms with Crippen molar-refractivity contribution in [2.75, 3.05) is 0 Å². The average molecular weight is 200 g/mol. The van der Waals surface area contributed by atoms with E-state index < -0.39 is 7.82 Å². The first-order valence-electron chi connectivity index (χ1n) is 1.82. The minimum absolute atomic E-state index is 0. The van der Waals surface area contributed by atoms with Gasteiger partial charge in [-0.05, 0) is 0 Å². The Morgan fingerprint density at radius 2 is 1.45 bits per heavy atom. The van der Waals surface area contributed by atoms with Crippen LogP contribution in [0.25, 0.3) is 0 Å². The normalized spacial score (nSPS) is 7.64. The van der Waals surface area contributed by atoms with E-state index in [4.69, 9.17) is 19.2 Å². The van der Waals surface area contributed by atoms with E-state index in [2.05, 4.69) is 6.58 Å². The van der Waals surface area contributed by atoms with Gasteiger partial charge in [-0.15, -0.1) is 12.3 Å². The van der Waals surface area contributed by atoms with E-state index in [1.807, 2.05) is 0 Å². The van der Waals surface area contributed by atoms with Crippen LogP contribution in [-0.4, -0.2) is 9.79 Å². The topological polar surface area (TPSA) is 104 Å². The average Bonchev–Trinajstić information content (AvgIpc) is 1.19. The smallest absolute Gasteiger partial charge is 0.876 e. The minimum Gasteiger partial charge on any atom is -0.876 e. The molecule has 0 unspecified atom stereocenters. The summed E-state index contributed by atoms with van der Waals surface area (Å²) in [5.41, 5.74) is 0. The van der Waals surface area contributed by atoms with Gasteiger partial charge in [0.05, 0.1) is 0 Å². The number of allylic oxidation sites excluding steroid dienone is 1. The van der Waals surface area contributed by atoms with Crippen LogP contribution in [0, 0.1) is 0 Å². The van der Waals surface area contributed by atoms with E-state index in [-0.39, 0.29) is 64.9 Å². The minimum atomic E-state index is -4.89. The van der Waals surface area contributed by atoms with Gasteiger partial charge in [0.2, 0.25) is 0 Å². The molecule has 56 valence electrons. The summed E-state index contributed by atoms with van der Waals surface area (Å²) in [6.07, 6.45) is 0. The summed E-state index contributed by atoms with van der Waals surface area (Å²) >= 11 is 0. The van der Waals surface area contributed by atoms with Crippen molar-refractivity contribution in [3.63, 3.8) is 0 Å². The summed E-state index contributed by atoms with van der Waals surface area (Å²) in [6, 6.07) is 0. The van der Waals surface area contributed by atoms with Gasteiger partial charge in [-0.1, -0.05) is 6.92 Å². The molecule has 8 heteroatoms. The van der Waals surface area contributed by atoms with Crippen LogP contribution in [0.1, 0.15) is 6.92 Å². The van der Waals surface area contributed by atoms with Gasteiger partial charge in [-0.3, -0.25) is 4.57 Å². The molecule has 0 spiro atoms. The summed E-state index contributed by atoms with van der Waals surface area (Å²) in [5, 5.41) is 9.33. The molecular formula is C3H7Na2O5P. The number of hydrogen-bond acceptors (Lipinski definition) is 3. The Morgan fingerprint density at radius 1 is 1.45 bits per heavy atom. The summed E-state index contributed by atoms with van der Waals surface area (Å²) in [6.45, 7) is 4.42. The first-order valence-corrected chi connectivity index (χ1v) is 3.35. The van der Waals surface area contributed by atoms with E-state index in [1.165, 1.54) is 6.92 Å². The molecule has 0 rings (SSSR count). The van der Waals surface area contributed by atoms with E-state index in [1.54, 1.807) is 0 Å². The first-order chi connectivity index (χ1) is 3.73. The molecule has 0 aliphatic rings. The van der Waals surface area contributed by atoms with Crippen LogP contribution in [0.5, 0.6) is 0 Å². The number of hydrogen-bond donors (Lipinski definition) is 2. The van der Waals surface area contributed by atoms with Gasteiger partial charge in [0, 0.05) is 0 Å². The van der Waals surface area contributed by atoms with Crippen LogP contribution in [0.2, 0.25) is 0 Å². The van der Waals surface area contributed by atoms with Gasteiger partial charge < -0.3 is 19.8 Å². The molecule has 2 N–H and O–H groups in total. The van der Waals surface area contributed by atoms with Crippen molar-refractivity contribution < 1.29 is 83.5 Å². The second kappa shape index (κ2) is 11.6. The Morgan fingerprint density at radius 3 is 1.45 bits per heavy atom. The molecule has 0 fully saturated rings. The van der Waals surface area contributed by atoms with Gasteiger partial charge >= 0.3 is 59.1 Å². The molecule has 0 heterocycles. The van der Waals surface area contributed by atoms with Crippen molar-refractivity contribution in [1.29, 1.82) is 0 Å². The fourth-order valence-corrected chi connectivity index (χ4v) is 0. The third-order valence-corrected chi connectivity index (χ3v) is 0. The third kappa shape index (κ3) is 398. The maximum Gasteiger partial charge on any atom is 1.00 e. The molecule has 0 aliphatic heterocycles. The summed E-state index contributed by atoms with van der Waals surface area (Å²) in [7, 11) is -4.89. The van der Waals surface area contributed by atoms with Crippen LogP contribution in [0.4, 0.5) is 0 Å². The van der Waals surface area contributed by atoms with E-state index in [0.29, 0.717) is 0 Å². The van der Waals surface area contributed by atoms with E-state index in [0.717, 1.165) is 0 Å². The molecule has 0 atom stereocenters. The molecule has 0 radical (unpaired) electrons. The van der Waals surface area contributed by atoms with Crippen molar-refractivity contribution in [1.82, 2.24) is 0 Å². The van der Waals surface area contributed by atoms with Gasteiger partial charge in [-0.2, -0.15) is 0 Å². The Labute approximate surface area is 109 Å². The molecular weight excluding hydrogens is 193 g/mol. The van der Waals surface area contributed by atoms with Crippen LogP contribution in [0.3, 0.4) is 0 Å². The molecule has 5 nitrogen and oxygen atoms in total. The molecule has 0 aromatic rings. The second-order valence-corrected chi connectivity index (χ2v) is 2.17. The van der Waals surface area contributed by atoms with Crippen molar-refractivity contribution >= 4 is 7.82 Å². The predicted molar refractivity (Wildman–Crippen MR) is 26.9 cm³/mol. The van der Waals surface area contributed by atoms with Crippen molar-refractivity contribution in [3.8, 4) is 0 Å². The number of rotatable bonds is 0. The Bertz CT molecular complexity index is 119. The summed E-state index contributed by atoms with van der Waals surface area (Å²) < 4.78 is 8.77. The molecule has 11 heavy (non-hydrogen) atoms. The van der Waals surface area contributed by atoms with Gasteiger partial charge in [0.25, 0.3) is 7.82 Å².